The highest BCUT2D eigenvalue weighted by Gasteiger charge is 2.16. The number of esters is 1. The second kappa shape index (κ2) is 13.4. The van der Waals surface area contributed by atoms with Crippen molar-refractivity contribution >= 4 is 27.8 Å². The second-order valence-electron chi connectivity index (χ2n) is 6.93. The van der Waals surface area contributed by atoms with Gasteiger partial charge in [0.1, 0.15) is 11.4 Å². The Bertz CT molecular complexity index is 1080. The monoisotopic (exact) mass is 493 g/mol. The quantitative estimate of drug-likeness (QED) is 0.191. The van der Waals surface area contributed by atoms with Gasteiger partial charge in [-0.15, -0.1) is 6.58 Å². The van der Waals surface area contributed by atoms with Crippen molar-refractivity contribution in [2.75, 3.05) is 56.8 Å². The highest BCUT2D eigenvalue weighted by atomic mass is 32.2. The van der Waals surface area contributed by atoms with Gasteiger partial charge in [0.2, 0.25) is 16.0 Å². The third-order valence-corrected chi connectivity index (χ3v) is 5.82. The number of sulfonamides is 1. The molecule has 1 aromatic heterocycles. The molecule has 11 nitrogen and oxygen atoms in total. The van der Waals surface area contributed by atoms with Gasteiger partial charge in [0.25, 0.3) is 0 Å². The van der Waals surface area contributed by atoms with Crippen LogP contribution in [0.4, 0.5) is 11.8 Å². The SMILES string of the molecule is C=CCS(=O)(=O)NCCNc1ncc(C(=O)OCC)c(NCCc2ccc(OC)c(OC)c2)n1. The van der Waals surface area contributed by atoms with Crippen LogP contribution in [0.5, 0.6) is 11.5 Å². The Morgan fingerprint density at radius 2 is 1.88 bits per heavy atom. The number of methoxy groups -OCH3 is 2. The molecule has 1 aromatic carbocycles. The van der Waals surface area contributed by atoms with Gasteiger partial charge in [0, 0.05) is 25.8 Å². The maximum atomic E-state index is 12.3. The minimum Gasteiger partial charge on any atom is -0.493 e. The van der Waals surface area contributed by atoms with E-state index in [0.717, 1.165) is 5.56 Å². The highest BCUT2D eigenvalue weighted by molar-refractivity contribution is 7.89. The molecule has 0 amide bonds. The summed E-state index contributed by atoms with van der Waals surface area (Å²) in [5.41, 5.74) is 1.20. The van der Waals surface area contributed by atoms with Crippen LogP contribution in [0.3, 0.4) is 0 Å². The second-order valence-corrected chi connectivity index (χ2v) is 8.79. The molecule has 0 saturated heterocycles. The molecule has 12 heteroatoms. The molecule has 0 bridgehead atoms. The summed E-state index contributed by atoms with van der Waals surface area (Å²) in [7, 11) is -0.255. The Labute approximate surface area is 200 Å². The summed E-state index contributed by atoms with van der Waals surface area (Å²) in [6.45, 7) is 6.21. The lowest BCUT2D eigenvalue weighted by molar-refractivity contribution is 0.0526. The Hall–Kier alpha value is -3.38. The lowest BCUT2D eigenvalue weighted by Gasteiger charge is -2.13. The molecule has 0 atom stereocenters. The van der Waals surface area contributed by atoms with E-state index < -0.39 is 16.0 Å². The maximum Gasteiger partial charge on any atom is 0.343 e. The van der Waals surface area contributed by atoms with E-state index in [-0.39, 0.29) is 37.0 Å². The van der Waals surface area contributed by atoms with Crippen LogP contribution < -0.4 is 24.8 Å². The van der Waals surface area contributed by atoms with Crippen molar-refractivity contribution in [2.24, 2.45) is 0 Å². The van der Waals surface area contributed by atoms with E-state index in [1.165, 1.54) is 12.3 Å². The molecule has 0 saturated carbocycles. The van der Waals surface area contributed by atoms with Crippen LogP contribution in [-0.4, -0.2) is 70.6 Å². The zero-order chi connectivity index (χ0) is 25.0. The number of hydrogen-bond donors (Lipinski definition) is 3. The van der Waals surface area contributed by atoms with Crippen LogP contribution >= 0.6 is 0 Å². The van der Waals surface area contributed by atoms with Crippen LogP contribution in [0.25, 0.3) is 0 Å². The average molecular weight is 494 g/mol. The number of hydrogen-bond acceptors (Lipinski definition) is 10. The number of nitrogens with zero attached hydrogens (tertiary/aromatic N) is 2. The summed E-state index contributed by atoms with van der Waals surface area (Å²) in [6.07, 6.45) is 3.31. The Balaban J connectivity index is 2.06. The maximum absolute atomic E-state index is 12.3. The largest absolute Gasteiger partial charge is 0.493 e. The fraction of sp³-hybridized carbons (Fsp3) is 0.409. The van der Waals surface area contributed by atoms with Gasteiger partial charge >= 0.3 is 5.97 Å². The fourth-order valence-corrected chi connectivity index (χ4v) is 3.76. The van der Waals surface area contributed by atoms with E-state index in [9.17, 15) is 13.2 Å². The normalized spacial score (nSPS) is 10.9. The van der Waals surface area contributed by atoms with Crippen molar-refractivity contribution in [3.8, 4) is 11.5 Å². The van der Waals surface area contributed by atoms with Crippen molar-refractivity contribution in [1.29, 1.82) is 0 Å². The molecular weight excluding hydrogens is 462 g/mol. The zero-order valence-corrected chi connectivity index (χ0v) is 20.4. The van der Waals surface area contributed by atoms with Gasteiger partial charge < -0.3 is 24.8 Å². The predicted octanol–water partition coefficient (Wildman–Crippen LogP) is 1.84. The molecule has 2 rings (SSSR count). The fourth-order valence-electron chi connectivity index (χ4n) is 2.92. The van der Waals surface area contributed by atoms with Gasteiger partial charge in [-0.25, -0.2) is 22.9 Å². The molecule has 1 heterocycles. The van der Waals surface area contributed by atoms with E-state index in [1.54, 1.807) is 21.1 Å². The summed E-state index contributed by atoms with van der Waals surface area (Å²) < 4.78 is 41.5. The van der Waals surface area contributed by atoms with E-state index in [2.05, 4.69) is 31.9 Å². The molecule has 3 N–H and O–H groups in total. The van der Waals surface area contributed by atoms with Crippen molar-refractivity contribution < 1.29 is 27.4 Å². The van der Waals surface area contributed by atoms with Gasteiger partial charge in [-0.2, -0.15) is 4.98 Å². The highest BCUT2D eigenvalue weighted by Crippen LogP contribution is 2.27. The first-order valence-electron chi connectivity index (χ1n) is 10.6. The number of ether oxygens (including phenoxy) is 3. The van der Waals surface area contributed by atoms with Crippen molar-refractivity contribution in [3.63, 3.8) is 0 Å². The van der Waals surface area contributed by atoms with Gasteiger partial charge in [0.15, 0.2) is 11.5 Å². The minimum absolute atomic E-state index is 0.140. The molecule has 0 aliphatic carbocycles. The molecule has 186 valence electrons. The molecular formula is C22H31N5O6S. The number of aromatic nitrogens is 2. The molecule has 0 aliphatic heterocycles. The minimum atomic E-state index is -3.41. The lowest BCUT2D eigenvalue weighted by Crippen LogP contribution is -2.30. The molecule has 0 spiro atoms. The van der Waals surface area contributed by atoms with Gasteiger partial charge in [0.05, 0.1) is 26.6 Å². The number of carbonyl (C=O) groups excluding carboxylic acids is 1. The van der Waals surface area contributed by atoms with Gasteiger partial charge in [-0.3, -0.25) is 0 Å². The Kier molecular flexibility index (Phi) is 10.6. The van der Waals surface area contributed by atoms with Crippen LogP contribution in [0.15, 0.2) is 37.1 Å². The molecule has 0 unspecified atom stereocenters. The zero-order valence-electron chi connectivity index (χ0n) is 19.6. The van der Waals surface area contributed by atoms with Crippen LogP contribution in [0, 0.1) is 0 Å². The number of carbonyl (C=O) groups is 1. The number of nitrogens with one attached hydrogen (secondary N) is 3. The van der Waals surface area contributed by atoms with Crippen molar-refractivity contribution in [3.05, 3.63) is 48.2 Å². The van der Waals surface area contributed by atoms with E-state index in [1.807, 2.05) is 18.2 Å². The van der Waals surface area contributed by atoms with E-state index >= 15 is 0 Å². The summed E-state index contributed by atoms with van der Waals surface area (Å²) in [5.74, 6) is 1.12. The van der Waals surface area contributed by atoms with E-state index in [4.69, 9.17) is 14.2 Å². The summed E-state index contributed by atoms with van der Waals surface area (Å²) in [4.78, 5) is 20.8. The van der Waals surface area contributed by atoms with Crippen LogP contribution in [0.2, 0.25) is 0 Å². The summed E-state index contributed by atoms with van der Waals surface area (Å²) >= 11 is 0. The predicted molar refractivity (Wildman–Crippen MR) is 130 cm³/mol. The molecule has 34 heavy (non-hydrogen) atoms. The topological polar surface area (TPSA) is 141 Å². The van der Waals surface area contributed by atoms with Crippen molar-refractivity contribution in [1.82, 2.24) is 14.7 Å². The number of anilines is 2. The Morgan fingerprint density at radius 1 is 1.12 bits per heavy atom. The standard InChI is InChI=1S/C22H31N5O6S/c1-5-13-34(29,30)26-12-11-24-22-25-15-17(21(28)33-6-2)20(27-22)23-10-9-16-7-8-18(31-3)19(14-16)32-4/h5,7-8,14-15,26H,1,6,9-13H2,2-4H3,(H2,23,24,25,27). The third-order valence-electron chi connectivity index (χ3n) is 4.51. The van der Waals surface area contributed by atoms with Gasteiger partial charge in [-0.1, -0.05) is 12.1 Å². The molecule has 0 aliphatic rings. The molecule has 2 aromatic rings. The van der Waals surface area contributed by atoms with E-state index in [0.29, 0.717) is 30.3 Å². The first kappa shape index (κ1) is 26.9. The summed E-state index contributed by atoms with van der Waals surface area (Å²) in [6, 6.07) is 5.64. The van der Waals surface area contributed by atoms with Gasteiger partial charge in [-0.05, 0) is 31.0 Å². The Morgan fingerprint density at radius 3 is 2.56 bits per heavy atom. The van der Waals surface area contributed by atoms with Crippen LogP contribution in [-0.2, 0) is 21.2 Å². The van der Waals surface area contributed by atoms with Crippen LogP contribution in [0.1, 0.15) is 22.8 Å². The lowest BCUT2D eigenvalue weighted by atomic mass is 10.1. The first-order chi connectivity index (χ1) is 16.3. The smallest absolute Gasteiger partial charge is 0.343 e. The van der Waals surface area contributed by atoms with Crippen molar-refractivity contribution in [2.45, 2.75) is 13.3 Å². The molecule has 0 fully saturated rings. The first-order valence-corrected chi connectivity index (χ1v) is 12.3. The number of benzene rings is 1. The third kappa shape index (κ3) is 8.19. The average Bonchev–Trinajstić information content (AvgIpc) is 2.82. The number of rotatable bonds is 15. The summed E-state index contributed by atoms with van der Waals surface area (Å²) in [5, 5.41) is 6.09. The molecule has 0 radical (unpaired) electrons.